The van der Waals surface area contributed by atoms with Crippen LogP contribution in [0.15, 0.2) is 53.1 Å². The Balaban J connectivity index is 1.65. The number of alkyl halides is 1. The summed E-state index contributed by atoms with van der Waals surface area (Å²) in [5.74, 6) is 0.819. The van der Waals surface area contributed by atoms with E-state index in [0.29, 0.717) is 6.61 Å². The van der Waals surface area contributed by atoms with Crippen LogP contribution in [0, 0.1) is 0 Å². The van der Waals surface area contributed by atoms with Crippen molar-refractivity contribution in [1.82, 2.24) is 5.16 Å². The van der Waals surface area contributed by atoms with Crippen molar-refractivity contribution in [3.05, 3.63) is 59.8 Å². The quantitative estimate of drug-likeness (QED) is 0.621. The molecule has 1 aromatic heterocycles. The molecule has 1 heterocycles. The molecule has 0 aliphatic carbocycles. The molecule has 3 rings (SSSR count). The molecule has 4 heteroatoms. The van der Waals surface area contributed by atoms with E-state index >= 15 is 0 Å². The molecule has 0 N–H and O–H groups in total. The Bertz CT molecular complexity index is 709. The van der Waals surface area contributed by atoms with Crippen molar-refractivity contribution in [2.75, 3.05) is 11.9 Å². The summed E-state index contributed by atoms with van der Waals surface area (Å²) in [6, 6.07) is 16.2. The fraction of sp³-hybridized carbons (Fsp3) is 0.235. The number of ether oxygens (including phenoxy) is 1. The average Bonchev–Trinajstić information content (AvgIpc) is 2.91. The Morgan fingerprint density at radius 2 is 1.90 bits per heavy atom. The summed E-state index contributed by atoms with van der Waals surface area (Å²) in [6.07, 6.45) is 1.76. The lowest BCUT2D eigenvalue weighted by molar-refractivity contribution is 0.321. The summed E-state index contributed by atoms with van der Waals surface area (Å²) in [6.45, 7) is 0.651. The number of benzene rings is 2. The minimum absolute atomic E-state index is 0.651. The molecular formula is C17H16BrNO2. The van der Waals surface area contributed by atoms with Gasteiger partial charge in [0, 0.05) is 29.6 Å². The zero-order valence-electron chi connectivity index (χ0n) is 11.6. The van der Waals surface area contributed by atoms with E-state index in [1.54, 1.807) is 0 Å². The Labute approximate surface area is 132 Å². The molecule has 3 aromatic rings. The Morgan fingerprint density at radius 3 is 2.71 bits per heavy atom. The van der Waals surface area contributed by atoms with Crippen molar-refractivity contribution in [3.8, 4) is 5.75 Å². The number of aromatic nitrogens is 1. The third-order valence-corrected chi connectivity index (χ3v) is 3.75. The highest BCUT2D eigenvalue weighted by Gasteiger charge is 2.08. The molecule has 3 nitrogen and oxygen atoms in total. The van der Waals surface area contributed by atoms with Crippen LogP contribution < -0.4 is 4.74 Å². The number of rotatable bonds is 6. The summed E-state index contributed by atoms with van der Waals surface area (Å²) in [5, 5.41) is 6.03. The molecular weight excluding hydrogens is 330 g/mol. The molecule has 108 valence electrons. The molecule has 0 fully saturated rings. The van der Waals surface area contributed by atoms with Gasteiger partial charge in [-0.15, -0.1) is 0 Å². The maximum absolute atomic E-state index is 5.79. The number of fused-ring (bicyclic) bond motifs is 1. The summed E-state index contributed by atoms with van der Waals surface area (Å²) >= 11 is 3.42. The average molecular weight is 346 g/mol. The third-order valence-electron chi connectivity index (χ3n) is 3.35. The highest BCUT2D eigenvalue weighted by Crippen LogP contribution is 2.24. The fourth-order valence-electron chi connectivity index (χ4n) is 2.26. The Morgan fingerprint density at radius 1 is 1.05 bits per heavy atom. The normalized spacial score (nSPS) is 10.9. The Kier molecular flexibility index (Phi) is 4.55. The number of halogens is 1. The van der Waals surface area contributed by atoms with Gasteiger partial charge in [0.25, 0.3) is 0 Å². The number of hydrogen-bond acceptors (Lipinski definition) is 3. The van der Waals surface area contributed by atoms with Crippen molar-refractivity contribution >= 4 is 26.9 Å². The second-order valence-electron chi connectivity index (χ2n) is 4.81. The van der Waals surface area contributed by atoms with E-state index in [4.69, 9.17) is 9.26 Å². The number of hydrogen-bond donors (Lipinski definition) is 0. The number of nitrogens with zero attached hydrogens (tertiary/aromatic N) is 1. The van der Waals surface area contributed by atoms with Crippen molar-refractivity contribution in [2.45, 2.75) is 12.8 Å². The van der Waals surface area contributed by atoms with Gasteiger partial charge in [-0.05, 0) is 17.7 Å². The summed E-state index contributed by atoms with van der Waals surface area (Å²) in [5.41, 5.74) is 3.04. The molecule has 0 spiro atoms. The topological polar surface area (TPSA) is 35.3 Å². The van der Waals surface area contributed by atoms with Gasteiger partial charge < -0.3 is 9.26 Å². The first-order chi connectivity index (χ1) is 10.4. The van der Waals surface area contributed by atoms with Crippen LogP contribution >= 0.6 is 15.9 Å². The van der Waals surface area contributed by atoms with Crippen LogP contribution in [-0.4, -0.2) is 17.1 Å². The van der Waals surface area contributed by atoms with Gasteiger partial charge in [0.05, 0.1) is 12.3 Å². The van der Waals surface area contributed by atoms with Gasteiger partial charge in [-0.25, -0.2) is 0 Å². The third kappa shape index (κ3) is 3.45. The first kappa shape index (κ1) is 14.1. The van der Waals surface area contributed by atoms with Crippen LogP contribution in [0.5, 0.6) is 5.75 Å². The van der Waals surface area contributed by atoms with Crippen LogP contribution in [-0.2, 0) is 12.8 Å². The SMILES string of the molecule is BrCCc1noc2cc(OCCc3ccccc3)ccc12. The van der Waals surface area contributed by atoms with Gasteiger partial charge in [0.2, 0.25) is 0 Å². The minimum Gasteiger partial charge on any atom is -0.493 e. The van der Waals surface area contributed by atoms with E-state index in [2.05, 4.69) is 33.2 Å². The van der Waals surface area contributed by atoms with Gasteiger partial charge in [-0.1, -0.05) is 51.4 Å². The molecule has 2 aromatic carbocycles. The summed E-state index contributed by atoms with van der Waals surface area (Å²) in [4.78, 5) is 0. The lowest BCUT2D eigenvalue weighted by Gasteiger charge is -2.06. The van der Waals surface area contributed by atoms with Crippen LogP contribution in [0.25, 0.3) is 11.0 Å². The van der Waals surface area contributed by atoms with E-state index in [9.17, 15) is 0 Å². The van der Waals surface area contributed by atoms with E-state index in [0.717, 1.165) is 40.6 Å². The van der Waals surface area contributed by atoms with Gasteiger partial charge in [0.1, 0.15) is 5.75 Å². The Hall–Kier alpha value is -1.81. The van der Waals surface area contributed by atoms with E-state index < -0.39 is 0 Å². The lowest BCUT2D eigenvalue weighted by atomic mass is 10.1. The molecule has 21 heavy (non-hydrogen) atoms. The van der Waals surface area contributed by atoms with Crippen LogP contribution in [0.2, 0.25) is 0 Å². The van der Waals surface area contributed by atoms with Crippen molar-refractivity contribution < 1.29 is 9.26 Å². The first-order valence-electron chi connectivity index (χ1n) is 6.98. The molecule has 0 saturated carbocycles. The van der Waals surface area contributed by atoms with Crippen molar-refractivity contribution in [1.29, 1.82) is 0 Å². The van der Waals surface area contributed by atoms with Gasteiger partial charge in [-0.3, -0.25) is 0 Å². The predicted molar refractivity (Wildman–Crippen MR) is 87.1 cm³/mol. The van der Waals surface area contributed by atoms with Crippen LogP contribution in [0.1, 0.15) is 11.3 Å². The molecule has 0 bridgehead atoms. The molecule has 0 aliphatic rings. The minimum atomic E-state index is 0.651. The molecule has 0 atom stereocenters. The predicted octanol–water partition coefficient (Wildman–Crippen LogP) is 4.39. The maximum atomic E-state index is 5.79. The van der Waals surface area contributed by atoms with E-state index in [-0.39, 0.29) is 0 Å². The van der Waals surface area contributed by atoms with Crippen molar-refractivity contribution in [2.24, 2.45) is 0 Å². The highest BCUT2D eigenvalue weighted by molar-refractivity contribution is 9.09. The highest BCUT2D eigenvalue weighted by atomic mass is 79.9. The van der Waals surface area contributed by atoms with Gasteiger partial charge in [0.15, 0.2) is 5.58 Å². The number of aryl methyl sites for hydroxylation is 1. The largest absolute Gasteiger partial charge is 0.493 e. The molecule has 0 unspecified atom stereocenters. The molecule has 0 amide bonds. The van der Waals surface area contributed by atoms with Gasteiger partial charge >= 0.3 is 0 Å². The van der Waals surface area contributed by atoms with Crippen LogP contribution in [0.4, 0.5) is 0 Å². The van der Waals surface area contributed by atoms with Gasteiger partial charge in [-0.2, -0.15) is 0 Å². The molecule has 0 saturated heterocycles. The second-order valence-corrected chi connectivity index (χ2v) is 5.60. The summed E-state index contributed by atoms with van der Waals surface area (Å²) in [7, 11) is 0. The van der Waals surface area contributed by atoms with E-state index in [1.165, 1.54) is 5.56 Å². The van der Waals surface area contributed by atoms with E-state index in [1.807, 2.05) is 36.4 Å². The molecule has 0 radical (unpaired) electrons. The summed E-state index contributed by atoms with van der Waals surface area (Å²) < 4.78 is 11.1. The standard InChI is InChI=1S/C17H16BrNO2/c18-10-8-16-15-7-6-14(12-17(15)21-19-16)20-11-9-13-4-2-1-3-5-13/h1-7,12H,8-11H2. The zero-order chi connectivity index (χ0) is 14.5. The maximum Gasteiger partial charge on any atom is 0.170 e. The molecule has 0 aliphatic heterocycles. The monoisotopic (exact) mass is 345 g/mol. The van der Waals surface area contributed by atoms with Crippen molar-refractivity contribution in [3.63, 3.8) is 0 Å². The lowest BCUT2D eigenvalue weighted by Crippen LogP contribution is -2.00. The smallest absolute Gasteiger partial charge is 0.170 e. The fourth-order valence-corrected chi connectivity index (χ4v) is 2.64. The first-order valence-corrected chi connectivity index (χ1v) is 8.10. The second kappa shape index (κ2) is 6.76. The zero-order valence-corrected chi connectivity index (χ0v) is 13.2. The van der Waals surface area contributed by atoms with Crippen LogP contribution in [0.3, 0.4) is 0 Å².